The van der Waals surface area contributed by atoms with E-state index in [0.717, 1.165) is 30.8 Å². The van der Waals surface area contributed by atoms with Crippen LogP contribution in [0.5, 0.6) is 0 Å². The maximum Gasteiger partial charge on any atom is 0.142 e. The molecule has 1 aromatic heterocycles. The highest BCUT2D eigenvalue weighted by atomic mass is 16.5. The van der Waals surface area contributed by atoms with Gasteiger partial charge in [0, 0.05) is 53.7 Å². The van der Waals surface area contributed by atoms with Gasteiger partial charge in [0.1, 0.15) is 23.1 Å². The standard InChI is InChI=1S/C34H47N7O2/c1-21-14-23(12-13-27(21)40-19-24-15-25(40)18-39(24)8)36-22(2)37-31-26(17-35)34(7)20-43-32(3,4)16-29(34)41(31)30-11-9-10-28(38-30)33(5,6)42/h9-14,17,24-25,29,36,42H,2,15-16,18-20,35H2,1,3-8H3/b26-17+,37-31+/t24-,25-,29-,34-/m0/s1. The number of hydrogen-bond acceptors (Lipinski definition) is 8. The largest absolute Gasteiger partial charge is 0.404 e. The Bertz CT molecular complexity index is 1490. The number of aliphatic hydroxyl groups is 1. The molecular formula is C34H47N7O2. The maximum atomic E-state index is 10.8. The Balaban J connectivity index is 1.32. The first-order chi connectivity index (χ1) is 20.2. The predicted molar refractivity (Wildman–Crippen MR) is 174 cm³/mol. The summed E-state index contributed by atoms with van der Waals surface area (Å²) < 4.78 is 6.33. The Hall–Kier alpha value is -3.40. The van der Waals surface area contributed by atoms with Crippen LogP contribution >= 0.6 is 0 Å². The van der Waals surface area contributed by atoms with E-state index in [-0.39, 0.29) is 11.6 Å². The number of pyridine rings is 1. The molecule has 0 radical (unpaired) electrons. The van der Waals surface area contributed by atoms with E-state index in [1.807, 2.05) is 18.2 Å². The van der Waals surface area contributed by atoms with E-state index in [4.69, 9.17) is 20.4 Å². The highest BCUT2D eigenvalue weighted by Gasteiger charge is 2.57. The zero-order valence-electron chi connectivity index (χ0n) is 26.7. The van der Waals surface area contributed by atoms with Crippen LogP contribution in [-0.2, 0) is 10.3 Å². The van der Waals surface area contributed by atoms with Gasteiger partial charge in [-0.2, -0.15) is 0 Å². The lowest BCUT2D eigenvalue weighted by molar-refractivity contribution is -0.100. The number of hydrogen-bond donors (Lipinski definition) is 3. The van der Waals surface area contributed by atoms with E-state index >= 15 is 0 Å². The Morgan fingerprint density at radius 1 is 1.21 bits per heavy atom. The van der Waals surface area contributed by atoms with Gasteiger partial charge >= 0.3 is 0 Å². The lowest BCUT2D eigenvalue weighted by atomic mass is 9.73. The van der Waals surface area contributed by atoms with Gasteiger partial charge in [-0.1, -0.05) is 19.6 Å². The van der Waals surface area contributed by atoms with Crippen molar-refractivity contribution < 1.29 is 9.84 Å². The third-order valence-corrected chi connectivity index (χ3v) is 9.90. The number of amidine groups is 1. The normalized spacial score (nSPS) is 30.4. The van der Waals surface area contributed by atoms with E-state index in [1.165, 1.54) is 17.7 Å². The van der Waals surface area contributed by atoms with Crippen LogP contribution in [0.2, 0.25) is 0 Å². The third-order valence-electron chi connectivity index (χ3n) is 9.90. The molecule has 4 saturated heterocycles. The number of nitrogens with two attached hydrogens (primary N) is 1. The lowest BCUT2D eigenvalue weighted by Crippen LogP contribution is -2.52. The van der Waals surface area contributed by atoms with Crippen molar-refractivity contribution in [2.45, 2.75) is 83.7 Å². The fraction of sp³-hybridized carbons (Fsp3) is 0.529. The van der Waals surface area contributed by atoms with E-state index < -0.39 is 11.0 Å². The lowest BCUT2D eigenvalue weighted by Gasteiger charge is -2.45. The molecule has 43 heavy (non-hydrogen) atoms. The minimum Gasteiger partial charge on any atom is -0.404 e. The molecule has 0 saturated carbocycles. The number of piperazine rings is 1. The van der Waals surface area contributed by atoms with Crippen molar-refractivity contribution in [3.63, 3.8) is 0 Å². The summed E-state index contributed by atoms with van der Waals surface area (Å²) in [5.41, 5.74) is 9.48. The average molecular weight is 586 g/mol. The molecule has 5 heterocycles. The molecular weight excluding hydrogens is 538 g/mol. The van der Waals surface area contributed by atoms with Gasteiger partial charge in [-0.15, -0.1) is 0 Å². The minimum absolute atomic E-state index is 0.00137. The van der Waals surface area contributed by atoms with E-state index in [1.54, 1.807) is 20.0 Å². The van der Waals surface area contributed by atoms with Gasteiger partial charge in [-0.25, -0.2) is 9.98 Å². The number of rotatable bonds is 6. The second-order valence-corrected chi connectivity index (χ2v) is 14.2. The van der Waals surface area contributed by atoms with Crippen LogP contribution in [0.15, 0.2) is 65.6 Å². The molecule has 0 spiro atoms. The summed E-state index contributed by atoms with van der Waals surface area (Å²) in [6, 6.07) is 13.5. The highest BCUT2D eigenvalue weighted by molar-refractivity contribution is 6.14. The van der Waals surface area contributed by atoms with E-state index in [0.29, 0.717) is 41.9 Å². The minimum atomic E-state index is -1.09. The quantitative estimate of drug-likeness (QED) is 0.447. The van der Waals surface area contributed by atoms with Crippen molar-refractivity contribution in [3.8, 4) is 0 Å². The third kappa shape index (κ3) is 5.21. The number of fused-ring (bicyclic) bond motifs is 3. The molecule has 0 aliphatic carbocycles. The first kappa shape index (κ1) is 29.7. The summed E-state index contributed by atoms with van der Waals surface area (Å²) in [7, 11) is 2.23. The second kappa shape index (κ2) is 10.4. The smallest absolute Gasteiger partial charge is 0.142 e. The van der Waals surface area contributed by atoms with Crippen molar-refractivity contribution in [2.75, 3.05) is 41.9 Å². The van der Waals surface area contributed by atoms with Gasteiger partial charge < -0.3 is 30.7 Å². The molecule has 4 fully saturated rings. The first-order valence-electron chi connectivity index (χ1n) is 15.4. The number of aliphatic imine (C=N–C) groups is 1. The van der Waals surface area contributed by atoms with Gasteiger partial charge in [0.15, 0.2) is 0 Å². The molecule has 2 aromatic rings. The average Bonchev–Trinajstić information content (AvgIpc) is 3.57. The van der Waals surface area contributed by atoms with Crippen molar-refractivity contribution in [2.24, 2.45) is 16.1 Å². The fourth-order valence-electron chi connectivity index (χ4n) is 7.44. The van der Waals surface area contributed by atoms with Crippen molar-refractivity contribution in [1.82, 2.24) is 9.88 Å². The molecule has 0 unspecified atom stereocenters. The van der Waals surface area contributed by atoms with Gasteiger partial charge in [0.25, 0.3) is 0 Å². The maximum absolute atomic E-state index is 10.8. The summed E-state index contributed by atoms with van der Waals surface area (Å²) in [6.07, 6.45) is 3.65. The number of aryl methyl sites for hydroxylation is 1. The Kier molecular flexibility index (Phi) is 7.14. The zero-order chi connectivity index (χ0) is 30.9. The number of nitrogens with zero attached hydrogens (tertiary/aromatic N) is 5. The van der Waals surface area contributed by atoms with Crippen LogP contribution < -0.4 is 20.9 Å². The summed E-state index contributed by atoms with van der Waals surface area (Å²) >= 11 is 0. The van der Waals surface area contributed by atoms with Gasteiger partial charge in [-0.05, 0) is 90.4 Å². The number of nitrogens with one attached hydrogen (secondary N) is 1. The molecule has 230 valence electrons. The fourth-order valence-corrected chi connectivity index (χ4v) is 7.44. The van der Waals surface area contributed by atoms with E-state index in [2.05, 4.69) is 79.5 Å². The topological polar surface area (TPSA) is 102 Å². The number of likely N-dealkylation sites (N-methyl/N-ethyl adjacent to an activating group) is 1. The Morgan fingerprint density at radius 3 is 2.60 bits per heavy atom. The van der Waals surface area contributed by atoms with Crippen LogP contribution in [0.4, 0.5) is 17.2 Å². The molecule has 4 aliphatic rings. The molecule has 9 nitrogen and oxygen atoms in total. The summed E-state index contributed by atoms with van der Waals surface area (Å²) in [5, 5.41) is 14.2. The van der Waals surface area contributed by atoms with Crippen LogP contribution in [0.25, 0.3) is 0 Å². The molecule has 2 bridgehead atoms. The van der Waals surface area contributed by atoms with E-state index in [9.17, 15) is 5.11 Å². The predicted octanol–water partition coefficient (Wildman–Crippen LogP) is 4.73. The SMILES string of the molecule is C=C(/N=C1\C(=C/N)[C@]2(C)COC(C)(C)C[C@@H]2N1c1cccc(C(C)(C)O)n1)Nc1ccc(N2C[C@@H]3C[C@H]2CN3C)c(C)c1. The summed E-state index contributed by atoms with van der Waals surface area (Å²) in [6.45, 7) is 19.1. The number of anilines is 3. The molecule has 4 aliphatic heterocycles. The number of benzene rings is 1. The molecule has 0 amide bonds. The first-order valence-corrected chi connectivity index (χ1v) is 15.4. The number of aromatic nitrogens is 1. The van der Waals surface area contributed by atoms with Crippen LogP contribution in [0.3, 0.4) is 0 Å². The molecule has 6 rings (SSSR count). The summed E-state index contributed by atoms with van der Waals surface area (Å²) in [5.74, 6) is 1.91. The molecule has 4 N–H and O–H groups in total. The summed E-state index contributed by atoms with van der Waals surface area (Å²) in [4.78, 5) is 17.2. The number of ether oxygens (including phenoxy) is 1. The molecule has 4 atom stereocenters. The van der Waals surface area contributed by atoms with Gasteiger partial charge in [0.2, 0.25) is 0 Å². The monoisotopic (exact) mass is 585 g/mol. The van der Waals surface area contributed by atoms with Crippen LogP contribution in [-0.4, -0.2) is 71.3 Å². The van der Waals surface area contributed by atoms with Crippen molar-refractivity contribution >= 4 is 23.0 Å². The number of likely N-dealkylation sites (tertiary alicyclic amines) is 1. The molecule has 9 heteroatoms. The van der Waals surface area contributed by atoms with Gasteiger partial charge in [0.05, 0.1) is 23.9 Å². The van der Waals surface area contributed by atoms with Gasteiger partial charge in [-0.3, -0.25) is 4.90 Å². The Morgan fingerprint density at radius 2 is 1.98 bits per heavy atom. The Labute approximate surface area is 256 Å². The van der Waals surface area contributed by atoms with Crippen LogP contribution in [0.1, 0.15) is 58.7 Å². The van der Waals surface area contributed by atoms with Crippen LogP contribution in [0, 0.1) is 12.3 Å². The van der Waals surface area contributed by atoms with Crippen molar-refractivity contribution in [3.05, 3.63) is 71.8 Å². The molecule has 1 aromatic carbocycles. The zero-order valence-corrected chi connectivity index (χ0v) is 26.7. The second-order valence-electron chi connectivity index (χ2n) is 14.2. The van der Waals surface area contributed by atoms with Crippen molar-refractivity contribution in [1.29, 1.82) is 0 Å². The highest BCUT2D eigenvalue weighted by Crippen LogP contribution is 2.51.